The van der Waals surface area contributed by atoms with Crippen molar-refractivity contribution in [2.45, 2.75) is 5.75 Å². The zero-order valence-corrected chi connectivity index (χ0v) is 11.1. The maximum absolute atomic E-state index is 10.3. The zero-order chi connectivity index (χ0) is 13.5. The molecule has 0 fully saturated rings. The SMILES string of the molecule is O=C([O-])CSCc1cccc(Oc2ccccc2)c1. The lowest BCUT2D eigenvalue weighted by atomic mass is 10.2. The van der Waals surface area contributed by atoms with Crippen molar-refractivity contribution < 1.29 is 14.6 Å². The number of thioether (sulfide) groups is 1. The molecule has 0 radical (unpaired) electrons. The van der Waals surface area contributed by atoms with Gasteiger partial charge in [-0.1, -0.05) is 30.3 Å². The van der Waals surface area contributed by atoms with Gasteiger partial charge in [0.05, 0.1) is 5.97 Å². The molecule has 3 nitrogen and oxygen atoms in total. The van der Waals surface area contributed by atoms with Crippen molar-refractivity contribution in [1.29, 1.82) is 0 Å². The maximum atomic E-state index is 10.3. The molecule has 0 N–H and O–H groups in total. The second kappa shape index (κ2) is 6.85. The lowest BCUT2D eigenvalue weighted by Crippen LogP contribution is -2.24. The van der Waals surface area contributed by atoms with Crippen molar-refractivity contribution in [3.05, 3.63) is 60.2 Å². The smallest absolute Gasteiger partial charge is 0.127 e. The van der Waals surface area contributed by atoms with Gasteiger partial charge in [0.15, 0.2) is 0 Å². The Morgan fingerprint density at radius 2 is 1.79 bits per heavy atom. The van der Waals surface area contributed by atoms with E-state index in [4.69, 9.17) is 4.74 Å². The van der Waals surface area contributed by atoms with Gasteiger partial charge in [-0.3, -0.25) is 0 Å². The van der Waals surface area contributed by atoms with E-state index < -0.39 is 5.97 Å². The van der Waals surface area contributed by atoms with Gasteiger partial charge >= 0.3 is 0 Å². The molecule has 0 aliphatic rings. The summed E-state index contributed by atoms with van der Waals surface area (Å²) in [7, 11) is 0. The monoisotopic (exact) mass is 273 g/mol. The van der Waals surface area contributed by atoms with E-state index in [2.05, 4.69) is 0 Å². The fourth-order valence-electron chi connectivity index (χ4n) is 1.58. The third-order valence-electron chi connectivity index (χ3n) is 2.37. The first kappa shape index (κ1) is 13.5. The van der Waals surface area contributed by atoms with Gasteiger partial charge in [0.2, 0.25) is 0 Å². The molecule has 98 valence electrons. The normalized spacial score (nSPS) is 10.1. The van der Waals surface area contributed by atoms with Crippen LogP contribution in [0.25, 0.3) is 0 Å². The van der Waals surface area contributed by atoms with Crippen molar-refractivity contribution in [3.8, 4) is 11.5 Å². The standard InChI is InChI=1S/C15H14O3S/c16-15(17)11-19-10-12-5-4-8-14(9-12)18-13-6-2-1-3-7-13/h1-9H,10-11H2,(H,16,17)/p-1. The van der Waals surface area contributed by atoms with Crippen molar-refractivity contribution >= 4 is 17.7 Å². The first-order valence-electron chi connectivity index (χ1n) is 5.83. The molecule has 4 heteroatoms. The first-order valence-corrected chi connectivity index (χ1v) is 6.99. The van der Waals surface area contributed by atoms with Gasteiger partial charge < -0.3 is 14.6 Å². The van der Waals surface area contributed by atoms with E-state index in [0.29, 0.717) is 5.75 Å². The van der Waals surface area contributed by atoms with Crippen LogP contribution in [0.4, 0.5) is 0 Å². The molecule has 0 atom stereocenters. The van der Waals surface area contributed by atoms with Gasteiger partial charge in [0.1, 0.15) is 11.5 Å². The van der Waals surface area contributed by atoms with Crippen LogP contribution in [0.15, 0.2) is 54.6 Å². The molecule has 0 saturated heterocycles. The average Bonchev–Trinajstić information content (AvgIpc) is 2.40. The summed E-state index contributed by atoms with van der Waals surface area (Å²) in [6, 6.07) is 17.2. The molecule has 0 heterocycles. The van der Waals surface area contributed by atoms with Crippen LogP contribution < -0.4 is 9.84 Å². The first-order chi connectivity index (χ1) is 9.24. The highest BCUT2D eigenvalue weighted by Crippen LogP contribution is 2.23. The number of carbonyl (C=O) groups is 1. The molecule has 2 aromatic rings. The van der Waals surface area contributed by atoms with Crippen LogP contribution >= 0.6 is 11.8 Å². The molecular formula is C15H13O3S-. The number of benzene rings is 2. The number of aliphatic carboxylic acids is 1. The molecule has 0 aliphatic heterocycles. The summed E-state index contributed by atoms with van der Waals surface area (Å²) < 4.78 is 5.71. The van der Waals surface area contributed by atoms with E-state index in [1.165, 1.54) is 11.8 Å². The molecule has 0 spiro atoms. The molecule has 2 rings (SSSR count). The van der Waals surface area contributed by atoms with E-state index >= 15 is 0 Å². The van der Waals surface area contributed by atoms with Crippen LogP contribution in [0.1, 0.15) is 5.56 Å². The summed E-state index contributed by atoms with van der Waals surface area (Å²) >= 11 is 1.31. The highest BCUT2D eigenvalue weighted by molar-refractivity contribution is 7.99. The molecule has 2 aromatic carbocycles. The number of carboxylic acids is 1. The van der Waals surface area contributed by atoms with Gasteiger partial charge in [0, 0.05) is 11.5 Å². The maximum Gasteiger partial charge on any atom is 0.127 e. The summed E-state index contributed by atoms with van der Waals surface area (Å²) in [5.41, 5.74) is 1.03. The number of rotatable bonds is 6. The lowest BCUT2D eigenvalue weighted by molar-refractivity contribution is -0.301. The molecule has 19 heavy (non-hydrogen) atoms. The van der Waals surface area contributed by atoms with Crippen LogP contribution in [0.5, 0.6) is 11.5 Å². The van der Waals surface area contributed by atoms with E-state index in [1.807, 2.05) is 54.6 Å². The third-order valence-corrected chi connectivity index (χ3v) is 3.34. The zero-order valence-electron chi connectivity index (χ0n) is 10.2. The molecule has 0 amide bonds. The van der Waals surface area contributed by atoms with Crippen molar-refractivity contribution in [1.82, 2.24) is 0 Å². The molecule has 0 aromatic heterocycles. The Labute approximate surface area is 116 Å². The van der Waals surface area contributed by atoms with Gasteiger partial charge in [-0.15, -0.1) is 0 Å². The fourth-order valence-corrected chi connectivity index (χ4v) is 2.26. The van der Waals surface area contributed by atoms with Gasteiger partial charge in [-0.2, -0.15) is 11.8 Å². The number of ether oxygens (including phenoxy) is 1. The summed E-state index contributed by atoms with van der Waals surface area (Å²) in [6.07, 6.45) is 0. The number of carbonyl (C=O) groups excluding carboxylic acids is 1. The van der Waals surface area contributed by atoms with Gasteiger partial charge in [-0.25, -0.2) is 0 Å². The quantitative estimate of drug-likeness (QED) is 0.811. The predicted octanol–water partition coefficient (Wildman–Crippen LogP) is 2.46. The van der Waals surface area contributed by atoms with E-state index in [9.17, 15) is 9.90 Å². The third kappa shape index (κ3) is 4.67. The van der Waals surface area contributed by atoms with Crippen molar-refractivity contribution in [3.63, 3.8) is 0 Å². The number of para-hydroxylation sites is 1. The van der Waals surface area contributed by atoms with Crippen LogP contribution in [0, 0.1) is 0 Å². The average molecular weight is 273 g/mol. The largest absolute Gasteiger partial charge is 0.549 e. The minimum absolute atomic E-state index is 0.00374. The fraction of sp³-hybridized carbons (Fsp3) is 0.133. The van der Waals surface area contributed by atoms with Crippen LogP contribution in [0.3, 0.4) is 0 Å². The van der Waals surface area contributed by atoms with Crippen LogP contribution in [-0.4, -0.2) is 11.7 Å². The van der Waals surface area contributed by atoms with E-state index in [1.54, 1.807) is 0 Å². The Kier molecular flexibility index (Phi) is 4.86. The highest BCUT2D eigenvalue weighted by Gasteiger charge is 1.99. The Balaban J connectivity index is 1.97. The highest BCUT2D eigenvalue weighted by atomic mass is 32.2. The topological polar surface area (TPSA) is 49.4 Å². The Morgan fingerprint density at radius 1 is 1.05 bits per heavy atom. The van der Waals surface area contributed by atoms with E-state index in [0.717, 1.165) is 17.1 Å². The molecule has 0 bridgehead atoms. The molecule has 0 aliphatic carbocycles. The second-order valence-electron chi connectivity index (χ2n) is 3.93. The van der Waals surface area contributed by atoms with E-state index in [-0.39, 0.29) is 5.75 Å². The number of carboxylic acid groups (broad SMARTS) is 1. The summed E-state index contributed by atoms with van der Waals surface area (Å²) in [6.45, 7) is 0. The molecular weight excluding hydrogens is 260 g/mol. The lowest BCUT2D eigenvalue weighted by Gasteiger charge is -2.07. The molecule has 0 saturated carbocycles. The Hall–Kier alpha value is -1.94. The second-order valence-corrected chi connectivity index (χ2v) is 4.91. The predicted molar refractivity (Wildman–Crippen MR) is 74.1 cm³/mol. The minimum Gasteiger partial charge on any atom is -0.549 e. The van der Waals surface area contributed by atoms with Gasteiger partial charge in [0.25, 0.3) is 0 Å². The minimum atomic E-state index is -1.04. The molecule has 0 unspecified atom stereocenters. The number of hydrogen-bond donors (Lipinski definition) is 0. The summed E-state index contributed by atoms with van der Waals surface area (Å²) in [5.74, 6) is 1.12. The van der Waals surface area contributed by atoms with Crippen LogP contribution in [-0.2, 0) is 10.5 Å². The van der Waals surface area contributed by atoms with Crippen molar-refractivity contribution in [2.24, 2.45) is 0 Å². The van der Waals surface area contributed by atoms with Gasteiger partial charge in [-0.05, 0) is 29.8 Å². The number of hydrogen-bond acceptors (Lipinski definition) is 4. The Morgan fingerprint density at radius 3 is 2.53 bits per heavy atom. The van der Waals surface area contributed by atoms with Crippen LogP contribution in [0.2, 0.25) is 0 Å². The summed E-state index contributed by atoms with van der Waals surface area (Å²) in [4.78, 5) is 10.3. The van der Waals surface area contributed by atoms with Crippen molar-refractivity contribution in [2.75, 3.05) is 5.75 Å². The Bertz CT molecular complexity index is 540. The summed E-state index contributed by atoms with van der Waals surface area (Å²) in [5, 5.41) is 10.3.